The topological polar surface area (TPSA) is 112 Å². The second-order valence-electron chi connectivity index (χ2n) is 8.82. The van der Waals surface area contributed by atoms with Crippen LogP contribution in [0.1, 0.15) is 21.5 Å². The maximum Gasteiger partial charge on any atom is 0.337 e. The van der Waals surface area contributed by atoms with Crippen molar-refractivity contribution in [2.45, 2.75) is 17.6 Å². The van der Waals surface area contributed by atoms with Crippen LogP contribution in [0.25, 0.3) is 0 Å². The number of nitrogens with zero attached hydrogens (tertiary/aromatic N) is 2. The minimum atomic E-state index is -3.94. The van der Waals surface area contributed by atoms with Crippen LogP contribution in [0.2, 0.25) is 5.02 Å². The van der Waals surface area contributed by atoms with E-state index in [4.69, 9.17) is 30.5 Å². The van der Waals surface area contributed by atoms with E-state index in [2.05, 4.69) is 4.90 Å². The van der Waals surface area contributed by atoms with E-state index in [-0.39, 0.29) is 39.5 Å². The van der Waals surface area contributed by atoms with E-state index in [1.54, 1.807) is 19.1 Å². The van der Waals surface area contributed by atoms with Gasteiger partial charge >= 0.3 is 5.97 Å². The van der Waals surface area contributed by atoms with Gasteiger partial charge in [0.15, 0.2) is 9.84 Å². The van der Waals surface area contributed by atoms with Gasteiger partial charge in [0.1, 0.15) is 23.0 Å². The molecule has 0 saturated carbocycles. The number of amides is 1. The van der Waals surface area contributed by atoms with Gasteiger partial charge in [0.2, 0.25) is 0 Å². The Morgan fingerprint density at radius 1 is 1.11 bits per heavy atom. The first-order valence-corrected chi connectivity index (χ1v) is 13.7. The summed E-state index contributed by atoms with van der Waals surface area (Å²) in [6.45, 7) is 5.23. The van der Waals surface area contributed by atoms with E-state index in [1.807, 2.05) is 0 Å². The molecule has 0 atom stereocenters. The smallest absolute Gasteiger partial charge is 0.337 e. The van der Waals surface area contributed by atoms with Gasteiger partial charge in [0, 0.05) is 44.5 Å². The number of hydrogen-bond donors (Lipinski definition) is 0. The summed E-state index contributed by atoms with van der Waals surface area (Å²) in [6.07, 6.45) is 0. The Labute approximate surface area is 220 Å². The first-order chi connectivity index (χ1) is 17.6. The molecule has 0 aromatic heterocycles. The lowest BCUT2D eigenvalue weighted by Gasteiger charge is -2.30. The number of morpholine rings is 1. The fraction of sp³-hybridized carbons (Fsp3) is 0.440. The Bertz CT molecular complexity index is 1310. The summed E-state index contributed by atoms with van der Waals surface area (Å²) in [6, 6.07) is 5.95. The molecule has 0 unspecified atom stereocenters. The maximum absolute atomic E-state index is 13.4. The maximum atomic E-state index is 13.4. The standard InChI is InChI=1S/C25H29ClN2O8S/c1-16-10-17(25(30)34-3)12-21-23(16)36-24-18(15-37(21,31)32)11-19(13-20(24)26)28(22(29)14-33-2)5-4-27-6-8-35-9-7-27/h10-13H,4-9,14-15H2,1-3H3. The first kappa shape index (κ1) is 27.3. The van der Waals surface area contributed by atoms with Crippen molar-refractivity contribution in [1.29, 1.82) is 0 Å². The highest BCUT2D eigenvalue weighted by Crippen LogP contribution is 2.45. The summed E-state index contributed by atoms with van der Waals surface area (Å²) in [7, 11) is -1.28. The molecule has 1 amide bonds. The number of ether oxygens (including phenoxy) is 4. The van der Waals surface area contributed by atoms with Crippen molar-refractivity contribution in [2.75, 3.05) is 65.1 Å². The average molecular weight is 553 g/mol. The zero-order valence-electron chi connectivity index (χ0n) is 20.9. The van der Waals surface area contributed by atoms with E-state index in [9.17, 15) is 18.0 Å². The number of esters is 1. The van der Waals surface area contributed by atoms with Crippen LogP contribution in [-0.2, 0) is 34.6 Å². The number of carbonyl (C=O) groups is 2. The quantitative estimate of drug-likeness (QED) is 0.479. The molecule has 12 heteroatoms. The highest BCUT2D eigenvalue weighted by atomic mass is 35.5. The predicted molar refractivity (Wildman–Crippen MR) is 136 cm³/mol. The van der Waals surface area contributed by atoms with Gasteiger partial charge in [-0.3, -0.25) is 9.69 Å². The normalized spacial score (nSPS) is 16.6. The Morgan fingerprint density at radius 2 is 1.84 bits per heavy atom. The lowest BCUT2D eigenvalue weighted by Crippen LogP contribution is -2.44. The van der Waals surface area contributed by atoms with Crippen molar-refractivity contribution in [2.24, 2.45) is 0 Å². The number of hydrogen-bond acceptors (Lipinski definition) is 9. The Kier molecular flexibility index (Phi) is 8.39. The Balaban J connectivity index is 1.72. The highest BCUT2D eigenvalue weighted by molar-refractivity contribution is 7.90. The molecule has 200 valence electrons. The fourth-order valence-corrected chi connectivity index (χ4v) is 6.24. The van der Waals surface area contributed by atoms with Crippen molar-refractivity contribution in [3.63, 3.8) is 0 Å². The van der Waals surface area contributed by atoms with E-state index in [0.29, 0.717) is 43.1 Å². The summed E-state index contributed by atoms with van der Waals surface area (Å²) in [5, 5.41) is 0.161. The highest BCUT2D eigenvalue weighted by Gasteiger charge is 2.32. The predicted octanol–water partition coefficient (Wildman–Crippen LogP) is 2.83. The number of carbonyl (C=O) groups excluding carboxylic acids is 2. The molecule has 0 spiro atoms. The van der Waals surface area contributed by atoms with Gasteiger partial charge in [0.05, 0.1) is 36.7 Å². The number of benzene rings is 2. The third-order valence-electron chi connectivity index (χ3n) is 6.28. The molecule has 10 nitrogen and oxygen atoms in total. The molecular weight excluding hydrogens is 524 g/mol. The molecule has 1 fully saturated rings. The van der Waals surface area contributed by atoms with Gasteiger partial charge in [0.25, 0.3) is 5.91 Å². The lowest BCUT2D eigenvalue weighted by atomic mass is 10.1. The van der Waals surface area contributed by atoms with Crippen molar-refractivity contribution in [3.05, 3.63) is 46.0 Å². The van der Waals surface area contributed by atoms with E-state index < -0.39 is 21.6 Å². The second-order valence-corrected chi connectivity index (χ2v) is 11.2. The molecule has 37 heavy (non-hydrogen) atoms. The molecule has 0 bridgehead atoms. The second kappa shape index (κ2) is 11.4. The van der Waals surface area contributed by atoms with Gasteiger partial charge in [-0.25, -0.2) is 13.2 Å². The van der Waals surface area contributed by atoms with Gasteiger partial charge in [-0.1, -0.05) is 11.6 Å². The van der Waals surface area contributed by atoms with Crippen LogP contribution in [0.3, 0.4) is 0 Å². The minimum Gasteiger partial charge on any atom is -0.465 e. The van der Waals surface area contributed by atoms with Crippen LogP contribution in [0.15, 0.2) is 29.2 Å². The molecule has 0 radical (unpaired) electrons. The van der Waals surface area contributed by atoms with Gasteiger partial charge in [-0.15, -0.1) is 0 Å². The number of fused-ring (bicyclic) bond motifs is 2. The van der Waals surface area contributed by atoms with Gasteiger partial charge in [-0.2, -0.15) is 0 Å². The largest absolute Gasteiger partial charge is 0.465 e. The molecule has 4 rings (SSSR count). The summed E-state index contributed by atoms with van der Waals surface area (Å²) in [5.41, 5.74) is 1.29. The summed E-state index contributed by atoms with van der Waals surface area (Å²) < 4.78 is 48.2. The lowest BCUT2D eigenvalue weighted by molar-refractivity contribution is -0.122. The number of rotatable bonds is 7. The first-order valence-electron chi connectivity index (χ1n) is 11.7. The number of methoxy groups -OCH3 is 2. The van der Waals surface area contributed by atoms with Crippen LogP contribution in [0, 0.1) is 6.92 Å². The van der Waals surface area contributed by atoms with E-state index in [1.165, 1.54) is 31.3 Å². The van der Waals surface area contributed by atoms with Crippen LogP contribution in [0.4, 0.5) is 5.69 Å². The zero-order valence-corrected chi connectivity index (χ0v) is 22.5. The van der Waals surface area contributed by atoms with Crippen molar-refractivity contribution < 1.29 is 37.0 Å². The number of aryl methyl sites for hydroxylation is 1. The fourth-order valence-electron chi connectivity index (χ4n) is 4.40. The van der Waals surface area contributed by atoms with Crippen LogP contribution >= 0.6 is 11.6 Å². The van der Waals surface area contributed by atoms with Crippen LogP contribution in [-0.4, -0.2) is 85.4 Å². The molecular formula is C25H29ClN2O8S. The van der Waals surface area contributed by atoms with Gasteiger partial charge < -0.3 is 23.8 Å². The Morgan fingerprint density at radius 3 is 2.51 bits per heavy atom. The summed E-state index contributed by atoms with van der Waals surface area (Å²) >= 11 is 6.62. The molecule has 0 N–H and O–H groups in total. The molecule has 2 aliphatic rings. The molecule has 1 saturated heterocycles. The molecule has 2 aromatic rings. The van der Waals surface area contributed by atoms with Crippen molar-refractivity contribution >= 4 is 39.0 Å². The zero-order chi connectivity index (χ0) is 26.7. The summed E-state index contributed by atoms with van der Waals surface area (Å²) in [4.78, 5) is 28.7. The SMILES string of the molecule is COCC(=O)N(CCN1CCOCC1)c1cc(Cl)c2c(c1)CS(=O)(=O)c1cc(C(=O)OC)cc(C)c1O2. The van der Waals surface area contributed by atoms with Crippen LogP contribution in [0.5, 0.6) is 11.5 Å². The average Bonchev–Trinajstić information content (AvgIpc) is 2.98. The Hall–Kier alpha value is -2.70. The van der Waals surface area contributed by atoms with E-state index in [0.717, 1.165) is 13.1 Å². The summed E-state index contributed by atoms with van der Waals surface area (Å²) in [5.74, 6) is -1.08. The van der Waals surface area contributed by atoms with E-state index >= 15 is 0 Å². The molecule has 2 heterocycles. The van der Waals surface area contributed by atoms with Crippen molar-refractivity contribution in [3.8, 4) is 11.5 Å². The van der Waals surface area contributed by atoms with Gasteiger partial charge in [-0.05, 0) is 36.8 Å². The molecule has 2 aromatic carbocycles. The third kappa shape index (κ3) is 5.91. The monoisotopic (exact) mass is 552 g/mol. The van der Waals surface area contributed by atoms with Crippen LogP contribution < -0.4 is 9.64 Å². The van der Waals surface area contributed by atoms with Crippen molar-refractivity contribution in [1.82, 2.24) is 4.90 Å². The number of halogens is 1. The molecule has 2 aliphatic heterocycles. The number of anilines is 1. The number of sulfone groups is 1. The molecule has 0 aliphatic carbocycles. The third-order valence-corrected chi connectivity index (χ3v) is 8.22. The minimum absolute atomic E-state index is 0.0979.